The minimum Gasteiger partial charge on any atom is -0.480 e. The van der Waals surface area contributed by atoms with Gasteiger partial charge in [0.15, 0.2) is 0 Å². The van der Waals surface area contributed by atoms with Crippen LogP contribution in [0.5, 0.6) is 0 Å². The summed E-state index contributed by atoms with van der Waals surface area (Å²) >= 11 is 0. The number of rotatable bonds is 12. The molecule has 2 aromatic carbocycles. The predicted molar refractivity (Wildman–Crippen MR) is 128 cm³/mol. The number of fused-ring (bicyclic) bond motifs is 3. The van der Waals surface area contributed by atoms with Gasteiger partial charge >= 0.3 is 12.1 Å². The summed E-state index contributed by atoms with van der Waals surface area (Å²) in [6, 6.07) is 14.1. The topological polar surface area (TPSA) is 114 Å². The molecule has 0 bridgehead atoms. The number of benzene rings is 2. The van der Waals surface area contributed by atoms with E-state index in [1.807, 2.05) is 43.3 Å². The maximum absolute atomic E-state index is 12.7. The van der Waals surface area contributed by atoms with Crippen molar-refractivity contribution in [3.8, 4) is 11.1 Å². The Morgan fingerprint density at radius 1 is 0.941 bits per heavy atom. The molecule has 0 radical (unpaired) electrons. The Morgan fingerprint density at radius 2 is 1.56 bits per heavy atom. The van der Waals surface area contributed by atoms with E-state index >= 15 is 0 Å². The highest BCUT2D eigenvalue weighted by molar-refractivity contribution is 5.89. The van der Waals surface area contributed by atoms with Crippen LogP contribution in [0.2, 0.25) is 0 Å². The van der Waals surface area contributed by atoms with Crippen LogP contribution in [0, 0.1) is 0 Å². The van der Waals surface area contributed by atoms with Gasteiger partial charge in [-0.25, -0.2) is 9.59 Å². The van der Waals surface area contributed by atoms with Gasteiger partial charge in [0.25, 0.3) is 0 Å². The molecule has 0 saturated heterocycles. The fourth-order valence-corrected chi connectivity index (χ4v) is 4.30. The van der Waals surface area contributed by atoms with Crippen molar-refractivity contribution in [2.24, 2.45) is 0 Å². The van der Waals surface area contributed by atoms with E-state index in [0.29, 0.717) is 25.9 Å². The first-order chi connectivity index (χ1) is 16.5. The number of carbonyl (C=O) groups excluding carboxylic acids is 2. The van der Waals surface area contributed by atoms with Crippen LogP contribution in [0.25, 0.3) is 11.1 Å². The van der Waals surface area contributed by atoms with Crippen LogP contribution in [0.1, 0.15) is 49.7 Å². The number of carbonyl (C=O) groups is 3. The van der Waals surface area contributed by atoms with Crippen LogP contribution in [0.15, 0.2) is 48.5 Å². The minimum absolute atomic E-state index is 0.0891. The summed E-state index contributed by atoms with van der Waals surface area (Å²) in [5, 5.41) is 14.5. The number of nitrogens with one attached hydrogen (secondary N) is 2. The highest BCUT2D eigenvalue weighted by Crippen LogP contribution is 2.44. The zero-order valence-electron chi connectivity index (χ0n) is 19.6. The molecular formula is C26H32N2O6. The largest absolute Gasteiger partial charge is 0.480 e. The first kappa shape index (κ1) is 25.2. The number of alkyl carbamates (subject to hydrolysis) is 1. The van der Waals surface area contributed by atoms with Gasteiger partial charge in [-0.3, -0.25) is 4.79 Å². The van der Waals surface area contributed by atoms with Gasteiger partial charge in [-0.05, 0) is 41.5 Å². The molecule has 1 unspecified atom stereocenters. The lowest BCUT2D eigenvalue weighted by molar-refractivity contribution is -0.142. The van der Waals surface area contributed by atoms with Crippen LogP contribution in [0.3, 0.4) is 0 Å². The van der Waals surface area contributed by atoms with Crippen molar-refractivity contribution in [3.63, 3.8) is 0 Å². The first-order valence-corrected chi connectivity index (χ1v) is 11.6. The molecule has 2 aromatic rings. The van der Waals surface area contributed by atoms with E-state index in [1.54, 1.807) is 0 Å². The molecule has 0 fully saturated rings. The molecule has 34 heavy (non-hydrogen) atoms. The number of amides is 2. The van der Waals surface area contributed by atoms with Crippen molar-refractivity contribution in [1.82, 2.24) is 10.6 Å². The van der Waals surface area contributed by atoms with Gasteiger partial charge in [-0.15, -0.1) is 0 Å². The summed E-state index contributed by atoms with van der Waals surface area (Å²) in [5.74, 6) is -1.75. The molecule has 0 aliphatic heterocycles. The maximum Gasteiger partial charge on any atom is 0.407 e. The molecular weight excluding hydrogens is 436 g/mol. The van der Waals surface area contributed by atoms with Crippen LogP contribution in [-0.4, -0.2) is 55.5 Å². The molecule has 0 spiro atoms. The Kier molecular flexibility index (Phi) is 9.04. The van der Waals surface area contributed by atoms with Gasteiger partial charge in [0, 0.05) is 19.6 Å². The van der Waals surface area contributed by atoms with Crippen LogP contribution < -0.4 is 10.6 Å². The van der Waals surface area contributed by atoms with Crippen LogP contribution in [0.4, 0.5) is 4.79 Å². The Bertz CT molecular complexity index is 963. The first-order valence-electron chi connectivity index (χ1n) is 11.6. The predicted octanol–water partition coefficient (Wildman–Crippen LogP) is 3.69. The molecule has 3 rings (SSSR count). The summed E-state index contributed by atoms with van der Waals surface area (Å²) in [4.78, 5) is 36.8. The Morgan fingerprint density at radius 3 is 2.12 bits per heavy atom. The lowest BCUT2D eigenvalue weighted by Crippen LogP contribution is -2.51. The lowest BCUT2D eigenvalue weighted by atomic mass is 9.98. The molecule has 3 N–H and O–H groups in total. The average Bonchev–Trinajstić information content (AvgIpc) is 3.15. The van der Waals surface area contributed by atoms with Gasteiger partial charge in [-0.1, -0.05) is 61.9 Å². The van der Waals surface area contributed by atoms with E-state index < -0.39 is 30.1 Å². The van der Waals surface area contributed by atoms with E-state index in [9.17, 15) is 19.5 Å². The molecule has 1 aliphatic rings. The average molecular weight is 469 g/mol. The molecule has 0 saturated carbocycles. The molecule has 0 heterocycles. The monoisotopic (exact) mass is 468 g/mol. The highest BCUT2D eigenvalue weighted by Gasteiger charge is 2.30. The third-order valence-electron chi connectivity index (χ3n) is 5.99. The number of ether oxygens (including phenoxy) is 2. The van der Waals surface area contributed by atoms with Crippen molar-refractivity contribution in [2.75, 3.05) is 20.3 Å². The zero-order chi connectivity index (χ0) is 24.5. The summed E-state index contributed by atoms with van der Waals surface area (Å²) in [6.07, 6.45) is 1.01. The Labute approximate surface area is 199 Å². The van der Waals surface area contributed by atoms with Gasteiger partial charge in [-0.2, -0.15) is 0 Å². The SMILES string of the molecule is CCC[C@@H](NC(=O)OCC1c2ccccc2-c2ccccc21)C(=O)NC(CCCOC)C(=O)O. The molecule has 1 aliphatic carbocycles. The van der Waals surface area contributed by atoms with E-state index in [2.05, 4.69) is 22.8 Å². The van der Waals surface area contributed by atoms with Gasteiger partial charge in [0.2, 0.25) is 5.91 Å². The third kappa shape index (κ3) is 6.14. The van der Waals surface area contributed by atoms with Crippen molar-refractivity contribution < 1.29 is 29.0 Å². The second-order valence-electron chi connectivity index (χ2n) is 8.35. The second-order valence-corrected chi connectivity index (χ2v) is 8.35. The molecule has 8 heteroatoms. The van der Waals surface area contributed by atoms with Crippen molar-refractivity contribution in [2.45, 2.75) is 50.6 Å². The summed E-state index contributed by atoms with van der Waals surface area (Å²) in [5.41, 5.74) is 4.45. The Hall–Kier alpha value is -3.39. The summed E-state index contributed by atoms with van der Waals surface area (Å²) in [7, 11) is 1.53. The smallest absolute Gasteiger partial charge is 0.407 e. The summed E-state index contributed by atoms with van der Waals surface area (Å²) < 4.78 is 10.5. The van der Waals surface area contributed by atoms with Crippen LogP contribution in [-0.2, 0) is 19.1 Å². The van der Waals surface area contributed by atoms with Gasteiger partial charge < -0.3 is 25.2 Å². The number of hydrogen-bond donors (Lipinski definition) is 3. The van der Waals surface area contributed by atoms with E-state index in [0.717, 1.165) is 22.3 Å². The van der Waals surface area contributed by atoms with Gasteiger partial charge in [0.1, 0.15) is 18.7 Å². The molecule has 8 nitrogen and oxygen atoms in total. The number of carboxylic acids is 1. The second kappa shape index (κ2) is 12.2. The summed E-state index contributed by atoms with van der Waals surface area (Å²) in [6.45, 7) is 2.41. The number of hydrogen-bond acceptors (Lipinski definition) is 5. The van der Waals surface area contributed by atoms with Crippen LogP contribution >= 0.6 is 0 Å². The molecule has 0 aromatic heterocycles. The third-order valence-corrected chi connectivity index (χ3v) is 5.99. The standard InChI is InChI=1S/C26H32N2O6/c1-3-9-22(24(29)27-23(25(30)31)14-8-15-33-2)28-26(32)34-16-21-19-12-6-4-10-17(19)18-11-5-7-13-20(18)21/h4-7,10-13,21-23H,3,8-9,14-16H2,1-2H3,(H,27,29)(H,28,32)(H,30,31)/t22-,23?/m1/s1. The van der Waals surface area contributed by atoms with Crippen molar-refractivity contribution in [3.05, 3.63) is 59.7 Å². The van der Waals surface area contributed by atoms with E-state index in [4.69, 9.17) is 9.47 Å². The number of carboxylic acid groups (broad SMARTS) is 1. The minimum atomic E-state index is -1.12. The fourth-order valence-electron chi connectivity index (χ4n) is 4.30. The number of aliphatic carboxylic acids is 1. The van der Waals surface area contributed by atoms with Crippen molar-refractivity contribution in [1.29, 1.82) is 0 Å². The number of methoxy groups -OCH3 is 1. The molecule has 2 atom stereocenters. The van der Waals surface area contributed by atoms with Crippen molar-refractivity contribution >= 4 is 18.0 Å². The van der Waals surface area contributed by atoms with Gasteiger partial charge in [0.05, 0.1) is 0 Å². The highest BCUT2D eigenvalue weighted by atomic mass is 16.5. The Balaban J connectivity index is 1.61. The molecule has 2 amide bonds. The quantitative estimate of drug-likeness (QED) is 0.410. The van der Waals surface area contributed by atoms with E-state index in [1.165, 1.54) is 7.11 Å². The fraction of sp³-hybridized carbons (Fsp3) is 0.423. The maximum atomic E-state index is 12.7. The normalized spacial score (nSPS) is 13.9. The lowest BCUT2D eigenvalue weighted by Gasteiger charge is -2.21. The molecule has 182 valence electrons. The zero-order valence-corrected chi connectivity index (χ0v) is 19.6. The van der Waals surface area contributed by atoms with E-state index in [-0.39, 0.29) is 18.9 Å².